The van der Waals surface area contributed by atoms with Crippen LogP contribution in [-0.4, -0.2) is 12.6 Å². The van der Waals surface area contributed by atoms with E-state index in [1.807, 2.05) is 72.8 Å². The van der Waals surface area contributed by atoms with Crippen LogP contribution in [-0.2, 0) is 4.74 Å². The van der Waals surface area contributed by atoms with Crippen molar-refractivity contribution in [2.75, 3.05) is 0 Å². The van der Waals surface area contributed by atoms with E-state index in [-0.39, 0.29) is 0 Å². The predicted octanol–water partition coefficient (Wildman–Crippen LogP) is 6.92. The fourth-order valence-electron chi connectivity index (χ4n) is 4.26. The molecule has 2 aliphatic rings. The SMILES string of the molecule is C1=C(c2ccccc2)[C@@H](O[C@H]2Oc3ccccc3C=C2c2ccccc2)Oc2ccccc21. The molecule has 33 heavy (non-hydrogen) atoms. The third-order valence-corrected chi connectivity index (χ3v) is 5.90. The molecule has 0 aliphatic carbocycles. The zero-order valence-corrected chi connectivity index (χ0v) is 17.9. The van der Waals surface area contributed by atoms with E-state index in [1.165, 1.54) is 0 Å². The minimum absolute atomic E-state index is 0.621. The van der Waals surface area contributed by atoms with Crippen LogP contribution in [0.1, 0.15) is 22.3 Å². The van der Waals surface area contributed by atoms with E-state index in [9.17, 15) is 0 Å². The number of para-hydroxylation sites is 2. The number of rotatable bonds is 4. The van der Waals surface area contributed by atoms with Gasteiger partial charge in [0.2, 0.25) is 12.6 Å². The summed E-state index contributed by atoms with van der Waals surface area (Å²) in [5, 5.41) is 0. The first kappa shape index (κ1) is 19.6. The minimum atomic E-state index is -0.621. The largest absolute Gasteiger partial charge is 0.460 e. The summed E-state index contributed by atoms with van der Waals surface area (Å²) in [4.78, 5) is 0. The number of hydrogen-bond acceptors (Lipinski definition) is 3. The molecule has 2 atom stereocenters. The number of ether oxygens (including phenoxy) is 3. The zero-order valence-electron chi connectivity index (χ0n) is 17.9. The molecule has 0 amide bonds. The molecule has 3 nitrogen and oxygen atoms in total. The zero-order chi connectivity index (χ0) is 22.0. The lowest BCUT2D eigenvalue weighted by atomic mass is 9.98. The lowest BCUT2D eigenvalue weighted by Crippen LogP contribution is -2.35. The van der Waals surface area contributed by atoms with Crippen molar-refractivity contribution in [2.45, 2.75) is 12.6 Å². The predicted molar refractivity (Wildman–Crippen MR) is 131 cm³/mol. The van der Waals surface area contributed by atoms with Crippen LogP contribution in [0, 0.1) is 0 Å². The van der Waals surface area contributed by atoms with Crippen LogP contribution in [0.4, 0.5) is 0 Å². The Labute approximate surface area is 193 Å². The fraction of sp³-hybridized carbons (Fsp3) is 0.0667. The Morgan fingerprint density at radius 3 is 1.30 bits per heavy atom. The Kier molecular flexibility index (Phi) is 5.02. The molecule has 0 saturated carbocycles. The Bertz CT molecular complexity index is 1230. The first-order valence-electron chi connectivity index (χ1n) is 11.1. The first-order chi connectivity index (χ1) is 16.3. The molecule has 0 radical (unpaired) electrons. The van der Waals surface area contributed by atoms with Crippen molar-refractivity contribution in [3.05, 3.63) is 131 Å². The number of benzene rings is 4. The summed E-state index contributed by atoms with van der Waals surface area (Å²) in [5.41, 5.74) is 6.10. The van der Waals surface area contributed by atoms with E-state index in [4.69, 9.17) is 14.2 Å². The Balaban J connectivity index is 1.40. The second kappa shape index (κ2) is 8.45. The van der Waals surface area contributed by atoms with Gasteiger partial charge in [-0.1, -0.05) is 97.1 Å². The van der Waals surface area contributed by atoms with E-state index >= 15 is 0 Å². The Morgan fingerprint density at radius 2 is 0.848 bits per heavy atom. The lowest BCUT2D eigenvalue weighted by Gasteiger charge is -2.33. The van der Waals surface area contributed by atoms with Gasteiger partial charge in [-0.3, -0.25) is 4.74 Å². The maximum absolute atomic E-state index is 6.60. The van der Waals surface area contributed by atoms with Crippen LogP contribution in [0.3, 0.4) is 0 Å². The van der Waals surface area contributed by atoms with Crippen LogP contribution in [0.25, 0.3) is 23.3 Å². The standard InChI is InChI=1S/C30H22O3/c1-3-11-21(12-4-1)25-19-23-15-7-9-17-27(23)31-29(25)33-30-26(22-13-5-2-6-14-22)20-24-16-8-10-18-28(24)32-30/h1-20,29-30H/t29-,30-/m1/s1. The molecule has 4 aromatic carbocycles. The molecule has 4 aromatic rings. The summed E-state index contributed by atoms with van der Waals surface area (Å²) in [7, 11) is 0. The summed E-state index contributed by atoms with van der Waals surface area (Å²) in [6.07, 6.45) is 3.04. The molecular weight excluding hydrogens is 408 g/mol. The highest BCUT2D eigenvalue weighted by Gasteiger charge is 2.32. The van der Waals surface area contributed by atoms with Gasteiger partial charge >= 0.3 is 0 Å². The molecule has 2 aliphatic heterocycles. The highest BCUT2D eigenvalue weighted by Crippen LogP contribution is 2.39. The van der Waals surface area contributed by atoms with Crippen LogP contribution >= 0.6 is 0 Å². The summed E-state index contributed by atoms with van der Waals surface area (Å²) in [6.45, 7) is 0. The molecular formula is C30H22O3. The van der Waals surface area contributed by atoms with Gasteiger partial charge in [-0.15, -0.1) is 0 Å². The summed E-state index contributed by atoms with van der Waals surface area (Å²) in [6, 6.07) is 36.4. The second-order valence-corrected chi connectivity index (χ2v) is 8.04. The van der Waals surface area contributed by atoms with Gasteiger partial charge in [0.25, 0.3) is 0 Å². The molecule has 0 N–H and O–H groups in total. The minimum Gasteiger partial charge on any atom is -0.460 e. The smallest absolute Gasteiger partial charge is 0.230 e. The van der Waals surface area contributed by atoms with Crippen LogP contribution in [0.5, 0.6) is 11.5 Å². The highest BCUT2D eigenvalue weighted by molar-refractivity contribution is 5.88. The molecule has 0 saturated heterocycles. The van der Waals surface area contributed by atoms with Gasteiger partial charge in [-0.05, 0) is 35.4 Å². The van der Waals surface area contributed by atoms with Gasteiger partial charge in [0.05, 0.1) is 0 Å². The van der Waals surface area contributed by atoms with Gasteiger partial charge in [0.15, 0.2) is 0 Å². The van der Waals surface area contributed by atoms with Crippen molar-refractivity contribution in [2.24, 2.45) is 0 Å². The lowest BCUT2D eigenvalue weighted by molar-refractivity contribution is -0.132. The van der Waals surface area contributed by atoms with Crippen molar-refractivity contribution in [1.29, 1.82) is 0 Å². The van der Waals surface area contributed by atoms with Gasteiger partial charge in [0.1, 0.15) is 11.5 Å². The molecule has 0 unspecified atom stereocenters. The molecule has 2 heterocycles. The third kappa shape index (κ3) is 3.84. The summed E-state index contributed by atoms with van der Waals surface area (Å²) >= 11 is 0. The van der Waals surface area contributed by atoms with E-state index in [1.54, 1.807) is 0 Å². The topological polar surface area (TPSA) is 27.7 Å². The van der Waals surface area contributed by atoms with Gasteiger partial charge in [0, 0.05) is 22.3 Å². The maximum Gasteiger partial charge on any atom is 0.230 e. The van der Waals surface area contributed by atoms with Crippen molar-refractivity contribution in [1.82, 2.24) is 0 Å². The molecule has 0 bridgehead atoms. The van der Waals surface area contributed by atoms with Crippen molar-refractivity contribution >= 4 is 23.3 Å². The van der Waals surface area contributed by atoms with E-state index in [0.29, 0.717) is 0 Å². The van der Waals surface area contributed by atoms with E-state index in [0.717, 1.165) is 44.9 Å². The normalized spacial score (nSPS) is 18.7. The van der Waals surface area contributed by atoms with Crippen LogP contribution < -0.4 is 9.47 Å². The first-order valence-corrected chi connectivity index (χ1v) is 11.1. The fourth-order valence-corrected chi connectivity index (χ4v) is 4.26. The average Bonchev–Trinajstić information content (AvgIpc) is 2.89. The molecule has 0 spiro atoms. The summed E-state index contributed by atoms with van der Waals surface area (Å²) < 4.78 is 19.4. The van der Waals surface area contributed by atoms with Gasteiger partial charge in [-0.2, -0.15) is 0 Å². The molecule has 160 valence electrons. The van der Waals surface area contributed by atoms with Crippen molar-refractivity contribution in [3.8, 4) is 11.5 Å². The van der Waals surface area contributed by atoms with Gasteiger partial charge < -0.3 is 9.47 Å². The Morgan fingerprint density at radius 1 is 0.455 bits per heavy atom. The monoisotopic (exact) mass is 430 g/mol. The van der Waals surface area contributed by atoms with Crippen LogP contribution in [0.15, 0.2) is 109 Å². The molecule has 3 heteroatoms. The quantitative estimate of drug-likeness (QED) is 0.352. The van der Waals surface area contributed by atoms with Gasteiger partial charge in [-0.25, -0.2) is 0 Å². The average molecular weight is 431 g/mol. The maximum atomic E-state index is 6.60. The number of hydrogen-bond donors (Lipinski definition) is 0. The van der Waals surface area contributed by atoms with E-state index < -0.39 is 12.6 Å². The highest BCUT2D eigenvalue weighted by atomic mass is 16.8. The molecule has 6 rings (SSSR count). The van der Waals surface area contributed by atoms with Crippen LogP contribution in [0.2, 0.25) is 0 Å². The molecule has 0 aromatic heterocycles. The number of fused-ring (bicyclic) bond motifs is 2. The molecule has 0 fully saturated rings. The Hall–Kier alpha value is -4.08. The second-order valence-electron chi connectivity index (χ2n) is 8.04. The third-order valence-electron chi connectivity index (χ3n) is 5.90. The van der Waals surface area contributed by atoms with E-state index in [2.05, 4.69) is 48.6 Å². The van der Waals surface area contributed by atoms with Crippen molar-refractivity contribution < 1.29 is 14.2 Å². The van der Waals surface area contributed by atoms with Crippen molar-refractivity contribution in [3.63, 3.8) is 0 Å². The summed E-state index contributed by atoms with van der Waals surface area (Å²) in [5.74, 6) is 1.59.